The number of H-pyrrole nitrogens is 2. The van der Waals surface area contributed by atoms with Crippen LogP contribution in [-0.2, 0) is 0 Å². The van der Waals surface area contributed by atoms with Crippen molar-refractivity contribution in [3.8, 4) is 0 Å². The van der Waals surface area contributed by atoms with Gasteiger partial charge in [0, 0.05) is 0 Å². The number of benzene rings is 2. The molecule has 6 aromatic rings. The van der Waals surface area contributed by atoms with E-state index in [4.69, 9.17) is 0 Å². The molecular weight excluding hydrogens is 714 g/mol. The van der Waals surface area contributed by atoms with E-state index in [1.54, 1.807) is 46.9 Å². The highest BCUT2D eigenvalue weighted by molar-refractivity contribution is 9.12. The van der Waals surface area contributed by atoms with Gasteiger partial charge in [0.15, 0.2) is 11.6 Å². The van der Waals surface area contributed by atoms with E-state index in [9.17, 15) is 8.78 Å². The number of aromatic amines is 2. The van der Waals surface area contributed by atoms with Crippen molar-refractivity contribution < 1.29 is 8.78 Å². The third kappa shape index (κ3) is 5.46. The average Bonchev–Trinajstić information content (AvgIpc) is 3.61. The number of rotatable bonds is 4. The van der Waals surface area contributed by atoms with Crippen molar-refractivity contribution in [3.63, 3.8) is 0 Å². The maximum absolute atomic E-state index is 13.6. The molecule has 190 valence electrons. The summed E-state index contributed by atoms with van der Waals surface area (Å²) in [5.74, 6) is 0.411. The first-order valence-electron chi connectivity index (χ1n) is 10.7. The van der Waals surface area contributed by atoms with Crippen molar-refractivity contribution in [2.45, 2.75) is 13.8 Å². The molecule has 4 aromatic heterocycles. The van der Waals surface area contributed by atoms with Gasteiger partial charge < -0.3 is 20.6 Å². The Bertz CT molecular complexity index is 1720. The zero-order valence-electron chi connectivity index (χ0n) is 19.1. The molecule has 0 aliphatic heterocycles. The van der Waals surface area contributed by atoms with Crippen molar-refractivity contribution in [3.05, 3.63) is 75.9 Å². The van der Waals surface area contributed by atoms with Gasteiger partial charge in [0.05, 0.1) is 33.8 Å². The average molecular weight is 731 g/mol. The molecule has 4 heterocycles. The van der Waals surface area contributed by atoms with Gasteiger partial charge in [-0.05, 0) is 102 Å². The Morgan fingerprint density at radius 2 is 1.30 bits per heavy atom. The summed E-state index contributed by atoms with van der Waals surface area (Å²) in [6, 6.07) is 9.70. The summed E-state index contributed by atoms with van der Waals surface area (Å²) in [6.07, 6.45) is 0. The number of nitrogens with zero attached hydrogens (tertiary/aromatic N) is 2. The molecule has 4 N–H and O–H groups in total. The van der Waals surface area contributed by atoms with Crippen molar-refractivity contribution >= 4 is 116 Å². The van der Waals surface area contributed by atoms with Crippen molar-refractivity contribution in [1.29, 1.82) is 0 Å². The molecule has 0 fully saturated rings. The quantitative estimate of drug-likeness (QED) is 0.146. The Hall–Kier alpha value is -2.32. The monoisotopic (exact) mass is 728 g/mol. The van der Waals surface area contributed by atoms with Gasteiger partial charge in [-0.1, -0.05) is 12.1 Å². The second-order valence-electron chi connectivity index (χ2n) is 7.91. The van der Waals surface area contributed by atoms with Crippen LogP contribution < -0.4 is 10.6 Å². The van der Waals surface area contributed by atoms with E-state index in [0.717, 1.165) is 33.9 Å². The predicted octanol–water partition coefficient (Wildman–Crippen LogP) is 9.92. The summed E-state index contributed by atoms with van der Waals surface area (Å²) in [5, 5.41) is 8.38. The van der Waals surface area contributed by atoms with Crippen LogP contribution in [-0.4, -0.2) is 19.9 Å². The van der Waals surface area contributed by atoms with Gasteiger partial charge in [-0.15, -0.1) is 22.7 Å². The minimum absolute atomic E-state index is 0.321. The summed E-state index contributed by atoms with van der Waals surface area (Å²) in [4.78, 5) is 14.5. The molecule has 0 radical (unpaired) electrons. The molecule has 0 unspecified atom stereocenters. The second-order valence-corrected chi connectivity index (χ2v) is 13.8. The molecule has 0 aliphatic carbocycles. The number of thiophene rings is 2. The SMILES string of the molecule is Cc1c(Br)sc(Br)c1Nc1nc2c(F)cccc2[nH]1.Cc1csc(Br)c1Nc1nc2c(F)cccc2[nH]1. The van der Waals surface area contributed by atoms with Gasteiger partial charge in [0.1, 0.15) is 11.0 Å². The van der Waals surface area contributed by atoms with Crippen LogP contribution in [0.15, 0.2) is 53.1 Å². The Morgan fingerprint density at radius 1 is 0.757 bits per heavy atom. The van der Waals surface area contributed by atoms with E-state index in [2.05, 4.69) is 78.4 Å². The van der Waals surface area contributed by atoms with Crippen molar-refractivity contribution in [1.82, 2.24) is 19.9 Å². The highest BCUT2D eigenvalue weighted by atomic mass is 79.9. The highest BCUT2D eigenvalue weighted by Crippen LogP contribution is 2.41. The van der Waals surface area contributed by atoms with E-state index in [0.29, 0.717) is 34.0 Å². The number of halogens is 5. The maximum atomic E-state index is 13.6. The van der Waals surface area contributed by atoms with Crippen molar-refractivity contribution in [2.24, 2.45) is 0 Å². The number of imidazole rings is 2. The van der Waals surface area contributed by atoms with Crippen molar-refractivity contribution in [2.75, 3.05) is 10.6 Å². The molecule has 0 saturated carbocycles. The van der Waals surface area contributed by atoms with Crippen LogP contribution in [0, 0.1) is 25.5 Å². The minimum atomic E-state index is -0.330. The summed E-state index contributed by atoms with van der Waals surface area (Å²) < 4.78 is 30.1. The maximum Gasteiger partial charge on any atom is 0.205 e. The Morgan fingerprint density at radius 3 is 1.73 bits per heavy atom. The lowest BCUT2D eigenvalue weighted by atomic mass is 10.3. The largest absolute Gasteiger partial charge is 0.324 e. The zero-order chi connectivity index (χ0) is 26.3. The Balaban J connectivity index is 0.000000152. The number of hydrogen-bond donors (Lipinski definition) is 4. The Kier molecular flexibility index (Phi) is 7.68. The molecule has 0 saturated heterocycles. The van der Waals surface area contributed by atoms with Crippen LogP contribution in [0.5, 0.6) is 0 Å². The predicted molar refractivity (Wildman–Crippen MR) is 160 cm³/mol. The number of nitrogens with one attached hydrogen (secondary N) is 4. The summed E-state index contributed by atoms with van der Waals surface area (Å²) in [6.45, 7) is 4.00. The van der Waals surface area contributed by atoms with Gasteiger partial charge in [-0.25, -0.2) is 18.7 Å². The third-order valence-corrected chi connectivity index (χ3v) is 10.1. The normalized spacial score (nSPS) is 11.1. The molecule has 0 aliphatic rings. The van der Waals surface area contributed by atoms with E-state index >= 15 is 0 Å². The first-order valence-corrected chi connectivity index (χ1v) is 14.8. The standard InChI is InChI=1S/C12H8Br2FN3S.C12H9BrFN3S/c1-5-8(11(14)19-10(5)13)17-12-16-7-4-2-3-6(15)9(7)18-12;1-6-5-18-11(13)9(6)16-12-15-8-4-2-3-7(14)10(8)17-12/h2-4H,1H3,(H2,16,17,18);2-5H,1H3,(H2,15,16,17). The number of fused-ring (bicyclic) bond motifs is 2. The molecular formula is C24H17Br3F2N6S2. The lowest BCUT2D eigenvalue weighted by Gasteiger charge is -2.02. The van der Waals surface area contributed by atoms with Gasteiger partial charge in [-0.3, -0.25) is 0 Å². The zero-order valence-corrected chi connectivity index (χ0v) is 25.5. The molecule has 2 aromatic carbocycles. The fourth-order valence-electron chi connectivity index (χ4n) is 3.51. The molecule has 6 nitrogen and oxygen atoms in total. The van der Waals surface area contributed by atoms with Gasteiger partial charge in [-0.2, -0.15) is 0 Å². The van der Waals surface area contributed by atoms with Crippen LogP contribution in [0.2, 0.25) is 0 Å². The number of hydrogen-bond acceptors (Lipinski definition) is 6. The minimum Gasteiger partial charge on any atom is -0.324 e. The van der Waals surface area contributed by atoms with Crippen LogP contribution in [0.3, 0.4) is 0 Å². The first kappa shape index (κ1) is 26.3. The third-order valence-electron chi connectivity index (χ3n) is 5.39. The van der Waals surface area contributed by atoms with Crippen LogP contribution in [0.25, 0.3) is 22.1 Å². The molecule has 0 amide bonds. The molecule has 6 rings (SSSR count). The number of anilines is 4. The van der Waals surface area contributed by atoms with Gasteiger partial charge in [0.2, 0.25) is 11.9 Å². The number of para-hydroxylation sites is 2. The molecule has 0 spiro atoms. The van der Waals surface area contributed by atoms with E-state index < -0.39 is 0 Å². The first-order chi connectivity index (χ1) is 17.7. The van der Waals surface area contributed by atoms with Crippen LogP contribution in [0.1, 0.15) is 11.1 Å². The molecule has 0 bridgehead atoms. The fourth-order valence-corrected chi connectivity index (χ4v) is 7.86. The smallest absolute Gasteiger partial charge is 0.205 e. The van der Waals surface area contributed by atoms with E-state index in [1.807, 2.05) is 19.2 Å². The summed E-state index contributed by atoms with van der Waals surface area (Å²) in [7, 11) is 0. The highest BCUT2D eigenvalue weighted by Gasteiger charge is 2.14. The number of aryl methyl sites for hydroxylation is 1. The fraction of sp³-hybridized carbons (Fsp3) is 0.0833. The van der Waals surface area contributed by atoms with E-state index in [1.165, 1.54) is 12.1 Å². The van der Waals surface area contributed by atoms with Crippen LogP contribution in [0.4, 0.5) is 32.1 Å². The number of aromatic nitrogens is 4. The lowest BCUT2D eigenvalue weighted by Crippen LogP contribution is -1.93. The molecule has 13 heteroatoms. The summed E-state index contributed by atoms with van der Waals surface area (Å²) in [5.41, 5.74) is 6.13. The van der Waals surface area contributed by atoms with E-state index in [-0.39, 0.29) is 11.6 Å². The van der Waals surface area contributed by atoms with Gasteiger partial charge >= 0.3 is 0 Å². The second kappa shape index (κ2) is 10.8. The lowest BCUT2D eigenvalue weighted by molar-refractivity contribution is 0.637. The van der Waals surface area contributed by atoms with Gasteiger partial charge in [0.25, 0.3) is 0 Å². The van der Waals surface area contributed by atoms with Crippen LogP contribution >= 0.6 is 70.5 Å². The summed E-state index contributed by atoms with van der Waals surface area (Å²) >= 11 is 13.6. The molecule has 0 atom stereocenters. The molecule has 37 heavy (non-hydrogen) atoms. The topological polar surface area (TPSA) is 81.4 Å². The Labute approximate surface area is 243 Å².